The van der Waals surface area contributed by atoms with E-state index in [0.29, 0.717) is 18.5 Å². The maximum absolute atomic E-state index is 12.9. The van der Waals surface area contributed by atoms with Gasteiger partial charge in [0, 0.05) is 29.2 Å². The monoisotopic (exact) mass is 480 g/mol. The van der Waals surface area contributed by atoms with E-state index in [1.54, 1.807) is 0 Å². The zero-order valence-corrected chi connectivity index (χ0v) is 20.2. The van der Waals surface area contributed by atoms with E-state index in [4.69, 9.17) is 0 Å². The van der Waals surface area contributed by atoms with Gasteiger partial charge in [0.15, 0.2) is 0 Å². The van der Waals surface area contributed by atoms with Gasteiger partial charge in [0.1, 0.15) is 0 Å². The second-order valence-electron chi connectivity index (χ2n) is 10.2. The van der Waals surface area contributed by atoms with Gasteiger partial charge in [-0.25, -0.2) is 0 Å². The molecule has 3 nitrogen and oxygen atoms in total. The van der Waals surface area contributed by atoms with Gasteiger partial charge in [-0.3, -0.25) is 9.69 Å². The first-order valence-electron chi connectivity index (χ1n) is 11.8. The average Bonchev–Trinajstić information content (AvgIpc) is 3.57. The summed E-state index contributed by atoms with van der Waals surface area (Å²) in [6, 6.07) is 15.4. The van der Waals surface area contributed by atoms with Crippen molar-refractivity contribution in [2.45, 2.75) is 57.4 Å². The number of carbonyl (C=O) groups is 1. The van der Waals surface area contributed by atoms with Crippen molar-refractivity contribution in [3.8, 4) is 0 Å². The van der Waals surface area contributed by atoms with Crippen molar-refractivity contribution in [1.82, 2.24) is 10.2 Å². The quantitative estimate of drug-likeness (QED) is 0.603. The van der Waals surface area contributed by atoms with E-state index in [2.05, 4.69) is 64.3 Å². The number of likely N-dealkylation sites (tertiary alicyclic amines) is 1. The summed E-state index contributed by atoms with van der Waals surface area (Å²) in [6.45, 7) is 8.02. The summed E-state index contributed by atoms with van der Waals surface area (Å²) in [6.07, 6.45) is 6.00. The molecular formula is C27H33BrN2O. The van der Waals surface area contributed by atoms with Gasteiger partial charge >= 0.3 is 0 Å². The molecule has 4 heteroatoms. The molecule has 2 aromatic rings. The third kappa shape index (κ3) is 4.21. The van der Waals surface area contributed by atoms with Crippen LogP contribution in [0.25, 0.3) is 0 Å². The molecular weight excluding hydrogens is 448 g/mol. The van der Waals surface area contributed by atoms with Crippen LogP contribution in [-0.2, 0) is 18.3 Å². The van der Waals surface area contributed by atoms with E-state index in [0.717, 1.165) is 28.8 Å². The van der Waals surface area contributed by atoms with Gasteiger partial charge in [0.05, 0.1) is 0 Å². The SMILES string of the molecule is CC1[C@H]2Cc3ccc(C(=O)NCCc4cccc(Br)c4)cc3[C@]1(C)CCN2CC1CC1. The summed E-state index contributed by atoms with van der Waals surface area (Å²) in [5.74, 6) is 1.62. The molecule has 1 saturated heterocycles. The summed E-state index contributed by atoms with van der Waals surface area (Å²) in [5, 5.41) is 3.13. The van der Waals surface area contributed by atoms with Crippen LogP contribution in [0.15, 0.2) is 46.9 Å². The number of nitrogens with one attached hydrogen (secondary N) is 1. The lowest BCUT2D eigenvalue weighted by Crippen LogP contribution is -2.58. The Kier molecular flexibility index (Phi) is 5.72. The molecule has 164 valence electrons. The van der Waals surface area contributed by atoms with Crippen LogP contribution in [0.5, 0.6) is 0 Å². The molecule has 2 aromatic carbocycles. The zero-order valence-electron chi connectivity index (χ0n) is 18.7. The molecule has 1 amide bonds. The van der Waals surface area contributed by atoms with Crippen LogP contribution in [0.1, 0.15) is 60.2 Å². The molecule has 1 heterocycles. The van der Waals surface area contributed by atoms with Crippen LogP contribution < -0.4 is 5.32 Å². The lowest BCUT2D eigenvalue weighted by molar-refractivity contribution is 0.0284. The molecule has 1 saturated carbocycles. The van der Waals surface area contributed by atoms with E-state index < -0.39 is 0 Å². The standard InChI is InChI=1S/C27H33BrN2O/c1-18-25-16-21-8-9-22(26(31)29-12-10-19-4-3-5-23(28)14-19)15-24(21)27(18,2)11-13-30(25)17-20-6-7-20/h3-5,8-9,14-15,18,20,25H,6-7,10-13,16-17H2,1-2H3,(H,29,31)/t18?,25-,27-/m1/s1. The third-order valence-corrected chi connectivity index (χ3v) is 8.66. The first-order valence-corrected chi connectivity index (χ1v) is 12.6. The van der Waals surface area contributed by atoms with Gasteiger partial charge in [-0.15, -0.1) is 0 Å². The largest absolute Gasteiger partial charge is 0.352 e. The fourth-order valence-corrected chi connectivity index (χ4v) is 6.27. The fourth-order valence-electron chi connectivity index (χ4n) is 5.82. The summed E-state index contributed by atoms with van der Waals surface area (Å²) in [5.41, 5.74) is 5.08. The predicted molar refractivity (Wildman–Crippen MR) is 130 cm³/mol. The van der Waals surface area contributed by atoms with Crippen molar-refractivity contribution in [3.63, 3.8) is 0 Å². The minimum atomic E-state index is 0.0438. The number of carbonyl (C=O) groups excluding carboxylic acids is 1. The van der Waals surface area contributed by atoms with E-state index in [1.165, 1.54) is 49.0 Å². The Labute approximate surface area is 194 Å². The zero-order chi connectivity index (χ0) is 21.6. The van der Waals surface area contributed by atoms with Crippen molar-refractivity contribution >= 4 is 21.8 Å². The fraction of sp³-hybridized carbons (Fsp3) is 0.519. The van der Waals surface area contributed by atoms with Crippen molar-refractivity contribution < 1.29 is 4.79 Å². The summed E-state index contributed by atoms with van der Waals surface area (Å²) in [7, 11) is 0. The van der Waals surface area contributed by atoms with Gasteiger partial charge in [0.25, 0.3) is 5.91 Å². The van der Waals surface area contributed by atoms with E-state index in [-0.39, 0.29) is 11.3 Å². The van der Waals surface area contributed by atoms with Crippen molar-refractivity contribution in [2.24, 2.45) is 11.8 Å². The maximum Gasteiger partial charge on any atom is 0.251 e. The second kappa shape index (κ2) is 8.37. The van der Waals surface area contributed by atoms with Crippen LogP contribution in [0.3, 0.4) is 0 Å². The third-order valence-electron chi connectivity index (χ3n) is 8.16. The van der Waals surface area contributed by atoms with Crippen molar-refractivity contribution in [1.29, 1.82) is 0 Å². The molecule has 2 aliphatic carbocycles. The van der Waals surface area contributed by atoms with E-state index in [9.17, 15) is 4.79 Å². The average molecular weight is 481 g/mol. The first kappa shape index (κ1) is 21.2. The normalized spacial score (nSPS) is 27.6. The van der Waals surface area contributed by atoms with Crippen LogP contribution in [0.2, 0.25) is 0 Å². The molecule has 3 aliphatic rings. The van der Waals surface area contributed by atoms with E-state index in [1.807, 2.05) is 18.2 Å². The molecule has 2 bridgehead atoms. The highest BCUT2D eigenvalue weighted by Gasteiger charge is 2.49. The topological polar surface area (TPSA) is 32.3 Å². The highest BCUT2D eigenvalue weighted by atomic mass is 79.9. The van der Waals surface area contributed by atoms with Gasteiger partial charge in [-0.2, -0.15) is 0 Å². The molecule has 31 heavy (non-hydrogen) atoms. The van der Waals surface area contributed by atoms with Crippen LogP contribution >= 0.6 is 15.9 Å². The summed E-state index contributed by atoms with van der Waals surface area (Å²) in [4.78, 5) is 15.7. The lowest BCUT2D eigenvalue weighted by Gasteiger charge is -2.55. The number of benzene rings is 2. The molecule has 1 N–H and O–H groups in total. The smallest absolute Gasteiger partial charge is 0.251 e. The summed E-state index contributed by atoms with van der Waals surface area (Å²) < 4.78 is 1.08. The highest BCUT2D eigenvalue weighted by molar-refractivity contribution is 9.10. The Hall–Kier alpha value is -1.65. The Morgan fingerprint density at radius 3 is 2.84 bits per heavy atom. The molecule has 0 aromatic heterocycles. The summed E-state index contributed by atoms with van der Waals surface area (Å²) >= 11 is 3.51. The number of hydrogen-bond donors (Lipinski definition) is 1. The van der Waals surface area contributed by atoms with Gasteiger partial charge in [-0.1, -0.05) is 48.0 Å². The van der Waals surface area contributed by atoms with Gasteiger partial charge in [0.2, 0.25) is 0 Å². The Morgan fingerprint density at radius 1 is 1.23 bits per heavy atom. The molecule has 2 fully saturated rings. The minimum Gasteiger partial charge on any atom is -0.352 e. The number of halogens is 1. The Balaban J connectivity index is 1.29. The second-order valence-corrected chi connectivity index (χ2v) is 11.1. The number of hydrogen-bond acceptors (Lipinski definition) is 2. The van der Waals surface area contributed by atoms with Crippen LogP contribution in [0.4, 0.5) is 0 Å². The first-order chi connectivity index (χ1) is 14.9. The molecule has 1 aliphatic heterocycles. The lowest BCUT2D eigenvalue weighted by atomic mass is 9.59. The van der Waals surface area contributed by atoms with Crippen LogP contribution in [0, 0.1) is 11.8 Å². The van der Waals surface area contributed by atoms with Crippen molar-refractivity contribution in [2.75, 3.05) is 19.6 Å². The number of piperidine rings is 1. The molecule has 5 rings (SSSR count). The number of rotatable bonds is 6. The Bertz CT molecular complexity index is 985. The van der Waals surface area contributed by atoms with Gasteiger partial charge < -0.3 is 5.32 Å². The number of amides is 1. The number of fused-ring (bicyclic) bond motifs is 4. The van der Waals surface area contributed by atoms with Gasteiger partial charge in [-0.05, 0) is 96.9 Å². The molecule has 1 unspecified atom stereocenters. The molecule has 3 atom stereocenters. The molecule has 0 radical (unpaired) electrons. The molecule has 0 spiro atoms. The van der Waals surface area contributed by atoms with E-state index >= 15 is 0 Å². The highest BCUT2D eigenvalue weighted by Crippen LogP contribution is 2.49. The predicted octanol–water partition coefficient (Wildman–Crippen LogP) is 5.36. The minimum absolute atomic E-state index is 0.0438. The number of nitrogens with zero attached hydrogens (tertiary/aromatic N) is 1. The Morgan fingerprint density at radius 2 is 2.06 bits per heavy atom. The van der Waals surface area contributed by atoms with Crippen LogP contribution in [-0.4, -0.2) is 36.5 Å². The maximum atomic E-state index is 12.9. The van der Waals surface area contributed by atoms with Crippen molar-refractivity contribution in [3.05, 3.63) is 69.2 Å².